The number of nitrogen functional groups attached to an aromatic ring is 1. The van der Waals surface area contributed by atoms with Crippen molar-refractivity contribution >= 4 is 34.0 Å². The number of halogens is 1. The van der Waals surface area contributed by atoms with Crippen molar-refractivity contribution in [2.45, 2.75) is 4.90 Å². The van der Waals surface area contributed by atoms with Crippen LogP contribution in [0.1, 0.15) is 0 Å². The largest absolute Gasteiger partial charge is 0.398 e. The van der Waals surface area contributed by atoms with Crippen molar-refractivity contribution in [2.24, 2.45) is 0 Å². The quantitative estimate of drug-likeness (QED) is 0.774. The van der Waals surface area contributed by atoms with Gasteiger partial charge in [0.05, 0.1) is 15.7 Å². The zero-order valence-electron chi connectivity index (χ0n) is 8.12. The third kappa shape index (κ3) is 3.21. The predicted molar refractivity (Wildman–Crippen MR) is 61.2 cm³/mol. The molecule has 0 bridgehead atoms. The fourth-order valence-corrected chi connectivity index (χ4v) is 2.34. The van der Waals surface area contributed by atoms with Crippen LogP contribution in [0.15, 0.2) is 23.1 Å². The molecule has 0 saturated carbocycles. The highest BCUT2D eigenvalue weighted by Crippen LogP contribution is 2.21. The summed E-state index contributed by atoms with van der Waals surface area (Å²) in [6.07, 6.45) is 0. The number of carbonyl (C=O) groups is 1. The van der Waals surface area contributed by atoms with E-state index in [2.05, 4.69) is 5.32 Å². The van der Waals surface area contributed by atoms with E-state index in [0.717, 1.165) is 0 Å². The zero-order valence-corrected chi connectivity index (χ0v) is 9.69. The highest BCUT2D eigenvalue weighted by atomic mass is 35.5. The van der Waals surface area contributed by atoms with Gasteiger partial charge in [-0.25, -0.2) is 0 Å². The molecule has 0 aliphatic heterocycles. The number of anilines is 1. The third-order valence-corrected chi connectivity index (χ3v) is 3.37. The second-order valence-corrected chi connectivity index (χ2v) is 4.70. The zero-order chi connectivity index (χ0) is 11.4. The topological polar surface area (TPSA) is 72.2 Å². The molecule has 1 rings (SSSR count). The molecule has 0 saturated heterocycles. The molecule has 0 aliphatic carbocycles. The molecule has 1 aromatic carbocycles. The van der Waals surface area contributed by atoms with E-state index in [-0.39, 0.29) is 11.7 Å². The molecule has 0 spiro atoms. The summed E-state index contributed by atoms with van der Waals surface area (Å²) in [4.78, 5) is 11.4. The van der Waals surface area contributed by atoms with Crippen LogP contribution in [-0.4, -0.2) is 22.9 Å². The summed E-state index contributed by atoms with van der Waals surface area (Å²) >= 11 is 5.74. The van der Waals surface area contributed by atoms with E-state index in [1.165, 1.54) is 13.1 Å². The normalized spacial score (nSPS) is 12.1. The van der Waals surface area contributed by atoms with Crippen LogP contribution in [0.2, 0.25) is 5.02 Å². The van der Waals surface area contributed by atoms with Gasteiger partial charge in [-0.05, 0) is 18.2 Å². The number of hydrogen-bond donors (Lipinski definition) is 2. The van der Waals surface area contributed by atoms with Gasteiger partial charge >= 0.3 is 0 Å². The summed E-state index contributed by atoms with van der Waals surface area (Å²) in [5.41, 5.74) is 6.00. The van der Waals surface area contributed by atoms with Gasteiger partial charge in [0.2, 0.25) is 5.91 Å². The van der Waals surface area contributed by atoms with Crippen molar-refractivity contribution in [3.8, 4) is 0 Å². The predicted octanol–water partition coefficient (Wildman–Crippen LogP) is 0.776. The van der Waals surface area contributed by atoms with E-state index < -0.39 is 10.8 Å². The molecule has 1 aromatic rings. The van der Waals surface area contributed by atoms with Crippen molar-refractivity contribution in [1.29, 1.82) is 0 Å². The Kier molecular flexibility index (Phi) is 4.11. The first-order chi connectivity index (χ1) is 7.04. The van der Waals surface area contributed by atoms with Gasteiger partial charge in [0, 0.05) is 17.8 Å². The Morgan fingerprint density at radius 1 is 1.60 bits per heavy atom. The van der Waals surface area contributed by atoms with Crippen molar-refractivity contribution in [3.63, 3.8) is 0 Å². The van der Waals surface area contributed by atoms with Crippen LogP contribution in [0.3, 0.4) is 0 Å². The molecule has 0 aromatic heterocycles. The first kappa shape index (κ1) is 12.0. The summed E-state index contributed by atoms with van der Waals surface area (Å²) in [5.74, 6) is -0.408. The molecular formula is C9H11ClN2O2S. The standard InChI is InChI=1S/C9H11ClN2O2S/c1-12-9(13)5-15(14)8-4-6(10)2-3-7(8)11/h2-4H,5,11H2,1H3,(H,12,13). The van der Waals surface area contributed by atoms with Crippen LogP contribution in [0, 0.1) is 0 Å². The average molecular weight is 247 g/mol. The molecule has 0 aliphatic rings. The lowest BCUT2D eigenvalue weighted by Crippen LogP contribution is -2.24. The number of amides is 1. The van der Waals surface area contributed by atoms with Gasteiger partial charge in [0.25, 0.3) is 0 Å². The van der Waals surface area contributed by atoms with Gasteiger partial charge < -0.3 is 11.1 Å². The number of nitrogens with two attached hydrogens (primary N) is 1. The van der Waals surface area contributed by atoms with Gasteiger partial charge in [-0.15, -0.1) is 0 Å². The number of carbonyl (C=O) groups excluding carboxylic acids is 1. The maximum Gasteiger partial charge on any atom is 0.232 e. The average Bonchev–Trinajstić information content (AvgIpc) is 2.21. The molecule has 3 N–H and O–H groups in total. The minimum Gasteiger partial charge on any atom is -0.398 e. The SMILES string of the molecule is CNC(=O)CS(=O)c1cc(Cl)ccc1N. The Labute approximate surface area is 95.3 Å². The Morgan fingerprint density at radius 2 is 2.27 bits per heavy atom. The lowest BCUT2D eigenvalue weighted by molar-refractivity contribution is -0.118. The van der Waals surface area contributed by atoms with E-state index in [0.29, 0.717) is 15.6 Å². The summed E-state index contributed by atoms with van der Waals surface area (Å²) in [5, 5.41) is 2.84. The molecule has 1 unspecified atom stereocenters. The van der Waals surface area contributed by atoms with Crippen molar-refractivity contribution < 1.29 is 9.00 Å². The maximum atomic E-state index is 11.7. The van der Waals surface area contributed by atoms with Gasteiger partial charge in [0.1, 0.15) is 5.75 Å². The Morgan fingerprint density at radius 3 is 2.87 bits per heavy atom. The Hall–Kier alpha value is -1.07. The summed E-state index contributed by atoms with van der Waals surface area (Å²) in [6.45, 7) is 0. The highest BCUT2D eigenvalue weighted by Gasteiger charge is 2.12. The van der Waals surface area contributed by atoms with Crippen LogP contribution in [0.5, 0.6) is 0 Å². The summed E-state index contributed by atoms with van der Waals surface area (Å²) in [6, 6.07) is 4.69. The minimum atomic E-state index is -1.46. The lowest BCUT2D eigenvalue weighted by Gasteiger charge is -2.05. The number of nitrogens with one attached hydrogen (secondary N) is 1. The van der Waals surface area contributed by atoms with E-state index in [9.17, 15) is 9.00 Å². The van der Waals surface area contributed by atoms with Crippen molar-refractivity contribution in [3.05, 3.63) is 23.2 Å². The fraction of sp³-hybridized carbons (Fsp3) is 0.222. The smallest absolute Gasteiger partial charge is 0.232 e. The van der Waals surface area contributed by atoms with Crippen LogP contribution in [-0.2, 0) is 15.6 Å². The van der Waals surface area contributed by atoms with Gasteiger partial charge in [0.15, 0.2) is 0 Å². The highest BCUT2D eigenvalue weighted by molar-refractivity contribution is 7.86. The third-order valence-electron chi connectivity index (χ3n) is 1.76. The molecule has 0 fully saturated rings. The molecule has 1 atom stereocenters. The monoisotopic (exact) mass is 246 g/mol. The van der Waals surface area contributed by atoms with E-state index in [1.807, 2.05) is 0 Å². The summed E-state index contributed by atoms with van der Waals surface area (Å²) in [7, 11) is 0.0303. The number of benzene rings is 1. The Balaban J connectivity index is 2.91. The molecule has 1 amide bonds. The van der Waals surface area contributed by atoms with Gasteiger partial charge in [-0.2, -0.15) is 0 Å². The van der Waals surface area contributed by atoms with E-state index >= 15 is 0 Å². The van der Waals surface area contributed by atoms with Gasteiger partial charge in [-0.3, -0.25) is 9.00 Å². The van der Waals surface area contributed by atoms with Crippen LogP contribution < -0.4 is 11.1 Å². The van der Waals surface area contributed by atoms with Crippen molar-refractivity contribution in [1.82, 2.24) is 5.32 Å². The molecular weight excluding hydrogens is 236 g/mol. The minimum absolute atomic E-state index is 0.110. The molecule has 6 heteroatoms. The molecule has 0 heterocycles. The first-order valence-corrected chi connectivity index (χ1v) is 5.88. The number of rotatable bonds is 3. The Bertz CT molecular complexity index is 409. The fourth-order valence-electron chi connectivity index (χ4n) is 0.974. The van der Waals surface area contributed by atoms with Crippen LogP contribution >= 0.6 is 11.6 Å². The molecule has 82 valence electrons. The molecule has 0 radical (unpaired) electrons. The second-order valence-electron chi connectivity index (χ2n) is 2.85. The van der Waals surface area contributed by atoms with Crippen LogP contribution in [0.25, 0.3) is 0 Å². The molecule has 4 nitrogen and oxygen atoms in total. The lowest BCUT2D eigenvalue weighted by atomic mass is 10.3. The maximum absolute atomic E-state index is 11.7. The summed E-state index contributed by atoms with van der Waals surface area (Å²) < 4.78 is 11.7. The molecule has 15 heavy (non-hydrogen) atoms. The van der Waals surface area contributed by atoms with Crippen LogP contribution in [0.4, 0.5) is 5.69 Å². The second kappa shape index (κ2) is 5.14. The van der Waals surface area contributed by atoms with E-state index in [1.54, 1.807) is 12.1 Å². The van der Waals surface area contributed by atoms with Gasteiger partial charge in [-0.1, -0.05) is 11.6 Å². The van der Waals surface area contributed by atoms with E-state index in [4.69, 9.17) is 17.3 Å². The first-order valence-electron chi connectivity index (χ1n) is 4.18. The number of hydrogen-bond acceptors (Lipinski definition) is 3. The van der Waals surface area contributed by atoms with Crippen molar-refractivity contribution in [2.75, 3.05) is 18.5 Å².